The zero-order chi connectivity index (χ0) is 14.1. The fourth-order valence-electron chi connectivity index (χ4n) is 1.76. The van der Waals surface area contributed by atoms with E-state index in [2.05, 4.69) is 4.98 Å². The number of benzene rings is 2. The molecule has 0 bridgehead atoms. The van der Waals surface area contributed by atoms with E-state index in [1.54, 1.807) is 24.3 Å². The van der Waals surface area contributed by atoms with Crippen LogP contribution in [0.3, 0.4) is 0 Å². The number of hydrogen-bond acceptors (Lipinski definition) is 4. The highest BCUT2D eigenvalue weighted by Gasteiger charge is 2.09. The Morgan fingerprint density at radius 1 is 1.15 bits per heavy atom. The second-order valence-electron chi connectivity index (χ2n) is 4.12. The van der Waals surface area contributed by atoms with Crippen LogP contribution in [0.25, 0.3) is 11.1 Å². The van der Waals surface area contributed by atoms with E-state index in [1.807, 2.05) is 0 Å². The summed E-state index contributed by atoms with van der Waals surface area (Å²) in [5, 5.41) is 10.3. The van der Waals surface area contributed by atoms with Crippen molar-refractivity contribution >= 4 is 34.3 Å². The van der Waals surface area contributed by atoms with Crippen LogP contribution < -0.4 is 4.74 Å². The first-order valence-corrected chi connectivity index (χ1v) is 6.54. The number of hydrogen-bond donors (Lipinski definition) is 1. The topological polar surface area (TPSA) is 55.5 Å². The van der Waals surface area contributed by atoms with E-state index in [4.69, 9.17) is 32.4 Å². The predicted octanol–water partition coefficient (Wildman–Crippen LogP) is 4.42. The van der Waals surface area contributed by atoms with Gasteiger partial charge in [0, 0.05) is 11.1 Å². The average molecular weight is 310 g/mol. The number of rotatable bonds is 3. The van der Waals surface area contributed by atoms with Gasteiger partial charge in [-0.1, -0.05) is 23.2 Å². The molecule has 20 heavy (non-hydrogen) atoms. The van der Waals surface area contributed by atoms with Crippen LogP contribution in [-0.2, 0) is 6.61 Å². The first kappa shape index (κ1) is 13.1. The minimum Gasteiger partial charge on any atom is -0.508 e. The maximum absolute atomic E-state index is 9.37. The van der Waals surface area contributed by atoms with Gasteiger partial charge in [0.25, 0.3) is 0 Å². The zero-order valence-electron chi connectivity index (χ0n) is 10.1. The Hall–Kier alpha value is -1.91. The van der Waals surface area contributed by atoms with Crippen molar-refractivity contribution < 1.29 is 14.3 Å². The predicted molar refractivity (Wildman–Crippen MR) is 76.5 cm³/mol. The Morgan fingerprint density at radius 3 is 2.80 bits per heavy atom. The van der Waals surface area contributed by atoms with Gasteiger partial charge in [0.1, 0.15) is 17.0 Å². The van der Waals surface area contributed by atoms with E-state index in [0.717, 1.165) is 0 Å². The summed E-state index contributed by atoms with van der Waals surface area (Å²) >= 11 is 11.8. The van der Waals surface area contributed by atoms with Gasteiger partial charge in [-0.15, -0.1) is 0 Å². The molecule has 2 aromatic carbocycles. The van der Waals surface area contributed by atoms with Crippen LogP contribution in [0.15, 0.2) is 40.8 Å². The molecule has 0 spiro atoms. The third kappa shape index (κ3) is 2.66. The standard InChI is InChI=1S/C14H9Cl2NO3/c15-8-1-3-12(10(16)5-8)19-7-14-17-11-6-9(18)2-4-13(11)20-14/h1-6,18H,7H2. The summed E-state index contributed by atoms with van der Waals surface area (Å²) in [6.45, 7) is 0.136. The molecular formula is C14H9Cl2NO3. The van der Waals surface area contributed by atoms with Gasteiger partial charge in [-0.2, -0.15) is 0 Å². The van der Waals surface area contributed by atoms with Gasteiger partial charge in [-0.25, -0.2) is 4.98 Å². The summed E-state index contributed by atoms with van der Waals surface area (Å²) in [4.78, 5) is 4.22. The Labute approximate surface area is 124 Å². The highest BCUT2D eigenvalue weighted by molar-refractivity contribution is 6.35. The number of halogens is 2. The van der Waals surface area contributed by atoms with Gasteiger partial charge < -0.3 is 14.3 Å². The third-order valence-corrected chi connectivity index (χ3v) is 3.19. The van der Waals surface area contributed by atoms with Crippen molar-refractivity contribution in [3.05, 3.63) is 52.3 Å². The Bertz CT molecular complexity index is 770. The minimum atomic E-state index is 0.136. The molecule has 1 aromatic heterocycles. The molecule has 0 saturated carbocycles. The number of phenolic OH excluding ortho intramolecular Hbond substituents is 1. The molecule has 0 fully saturated rings. The lowest BCUT2D eigenvalue weighted by atomic mass is 10.3. The van der Waals surface area contributed by atoms with E-state index in [1.165, 1.54) is 12.1 Å². The molecule has 1 N–H and O–H groups in total. The monoisotopic (exact) mass is 309 g/mol. The van der Waals surface area contributed by atoms with Crippen LogP contribution >= 0.6 is 23.2 Å². The summed E-state index contributed by atoms with van der Waals surface area (Å²) in [7, 11) is 0. The lowest BCUT2D eigenvalue weighted by Crippen LogP contribution is -1.95. The number of nitrogens with zero attached hydrogens (tertiary/aromatic N) is 1. The Kier molecular flexibility index (Phi) is 3.42. The molecule has 4 nitrogen and oxygen atoms in total. The highest BCUT2D eigenvalue weighted by atomic mass is 35.5. The van der Waals surface area contributed by atoms with Crippen LogP contribution in [-0.4, -0.2) is 10.1 Å². The van der Waals surface area contributed by atoms with Crippen LogP contribution in [0.1, 0.15) is 5.89 Å². The van der Waals surface area contributed by atoms with Crippen molar-refractivity contribution in [1.82, 2.24) is 4.98 Å². The largest absolute Gasteiger partial charge is 0.508 e. The number of phenols is 1. The number of fused-ring (bicyclic) bond motifs is 1. The summed E-state index contributed by atoms with van der Waals surface area (Å²) in [6.07, 6.45) is 0. The van der Waals surface area contributed by atoms with E-state index in [9.17, 15) is 5.11 Å². The van der Waals surface area contributed by atoms with Crippen LogP contribution in [0, 0.1) is 0 Å². The maximum atomic E-state index is 9.37. The summed E-state index contributed by atoms with van der Waals surface area (Å²) in [5.74, 6) is 1.04. The van der Waals surface area contributed by atoms with E-state index in [0.29, 0.717) is 32.8 Å². The second kappa shape index (κ2) is 5.23. The van der Waals surface area contributed by atoms with Crippen LogP contribution in [0.5, 0.6) is 11.5 Å². The average Bonchev–Trinajstić information content (AvgIpc) is 2.79. The molecule has 0 saturated heterocycles. The van der Waals surface area contributed by atoms with E-state index < -0.39 is 0 Å². The van der Waals surface area contributed by atoms with E-state index >= 15 is 0 Å². The van der Waals surface area contributed by atoms with Crippen molar-refractivity contribution in [2.24, 2.45) is 0 Å². The molecule has 0 aliphatic heterocycles. The van der Waals surface area contributed by atoms with E-state index in [-0.39, 0.29) is 12.4 Å². The fraction of sp³-hybridized carbons (Fsp3) is 0.0714. The molecule has 0 radical (unpaired) electrons. The molecule has 0 aliphatic carbocycles. The van der Waals surface area contributed by atoms with Crippen molar-refractivity contribution in [2.75, 3.05) is 0 Å². The maximum Gasteiger partial charge on any atom is 0.233 e. The second-order valence-corrected chi connectivity index (χ2v) is 4.97. The lowest BCUT2D eigenvalue weighted by Gasteiger charge is -2.05. The van der Waals surface area contributed by atoms with Gasteiger partial charge in [-0.05, 0) is 30.3 Å². The van der Waals surface area contributed by atoms with Crippen LogP contribution in [0.4, 0.5) is 0 Å². The lowest BCUT2D eigenvalue weighted by molar-refractivity contribution is 0.267. The van der Waals surface area contributed by atoms with Crippen molar-refractivity contribution in [3.63, 3.8) is 0 Å². The normalized spacial score (nSPS) is 10.9. The van der Waals surface area contributed by atoms with Crippen molar-refractivity contribution in [2.45, 2.75) is 6.61 Å². The van der Waals surface area contributed by atoms with Gasteiger partial charge in [0.15, 0.2) is 12.2 Å². The third-order valence-electron chi connectivity index (χ3n) is 2.66. The van der Waals surface area contributed by atoms with Crippen LogP contribution in [0.2, 0.25) is 10.0 Å². The molecule has 1 heterocycles. The summed E-state index contributed by atoms with van der Waals surface area (Å²) in [5.41, 5.74) is 1.16. The fourth-order valence-corrected chi connectivity index (χ4v) is 2.22. The van der Waals surface area contributed by atoms with Crippen molar-refractivity contribution in [1.29, 1.82) is 0 Å². The van der Waals surface area contributed by atoms with Gasteiger partial charge in [-0.3, -0.25) is 0 Å². The molecular weight excluding hydrogens is 301 g/mol. The molecule has 3 rings (SSSR count). The smallest absolute Gasteiger partial charge is 0.233 e. The molecule has 0 amide bonds. The Morgan fingerprint density at radius 2 is 2.00 bits per heavy atom. The Balaban J connectivity index is 1.79. The molecule has 0 aliphatic rings. The number of ether oxygens (including phenoxy) is 1. The molecule has 102 valence electrons. The van der Waals surface area contributed by atoms with Gasteiger partial charge >= 0.3 is 0 Å². The molecule has 3 aromatic rings. The minimum absolute atomic E-state index is 0.136. The first-order chi connectivity index (χ1) is 9.61. The molecule has 0 atom stereocenters. The molecule has 6 heteroatoms. The zero-order valence-corrected chi connectivity index (χ0v) is 11.6. The quantitative estimate of drug-likeness (QED) is 0.778. The van der Waals surface area contributed by atoms with Crippen molar-refractivity contribution in [3.8, 4) is 11.5 Å². The SMILES string of the molecule is Oc1ccc2oc(COc3ccc(Cl)cc3Cl)nc2c1. The van der Waals surface area contributed by atoms with Gasteiger partial charge in [0.2, 0.25) is 5.89 Å². The number of aromatic nitrogens is 1. The molecule has 0 unspecified atom stereocenters. The van der Waals surface area contributed by atoms with Gasteiger partial charge in [0.05, 0.1) is 5.02 Å². The first-order valence-electron chi connectivity index (χ1n) is 5.78. The number of oxazole rings is 1. The highest BCUT2D eigenvalue weighted by Crippen LogP contribution is 2.28. The summed E-state index contributed by atoms with van der Waals surface area (Å²) in [6, 6.07) is 9.68. The summed E-state index contributed by atoms with van der Waals surface area (Å²) < 4.78 is 11.0. The number of aromatic hydroxyl groups is 1.